The van der Waals surface area contributed by atoms with E-state index in [4.69, 9.17) is 0 Å². The molecule has 0 N–H and O–H groups in total. The van der Waals surface area contributed by atoms with E-state index in [0.717, 1.165) is 6.42 Å². The molecule has 0 fully saturated rings. The Kier molecular flexibility index (Phi) is 3.55. The van der Waals surface area contributed by atoms with Gasteiger partial charge >= 0.3 is 0 Å². The predicted octanol–water partition coefficient (Wildman–Crippen LogP) is 2.12. The molecule has 0 radical (unpaired) electrons. The van der Waals surface area contributed by atoms with Crippen molar-refractivity contribution in [3.8, 4) is 0 Å². The summed E-state index contributed by atoms with van der Waals surface area (Å²) in [6.07, 6.45) is 3.75. The molecular formula is C14H17N3O. The first-order valence-corrected chi connectivity index (χ1v) is 5.97. The number of carbonyl (C=O) groups excluding carboxylic acids is 1. The molecule has 0 aliphatic carbocycles. The lowest BCUT2D eigenvalue weighted by molar-refractivity contribution is -0.127. The summed E-state index contributed by atoms with van der Waals surface area (Å²) < 4.78 is 1.56. The molecule has 0 spiro atoms. The number of ketones is 1. The molecule has 0 aliphatic heterocycles. The molecule has 4 nitrogen and oxygen atoms in total. The van der Waals surface area contributed by atoms with Gasteiger partial charge in [-0.1, -0.05) is 44.2 Å². The number of rotatable bonds is 5. The molecule has 1 aromatic carbocycles. The summed E-state index contributed by atoms with van der Waals surface area (Å²) in [4.78, 5) is 16.1. The highest BCUT2D eigenvalue weighted by molar-refractivity contribution is 5.84. The second-order valence-electron chi connectivity index (χ2n) is 5.06. The Morgan fingerprint density at radius 2 is 2.00 bits per heavy atom. The Labute approximate surface area is 107 Å². The van der Waals surface area contributed by atoms with Crippen LogP contribution in [0.1, 0.15) is 19.4 Å². The van der Waals surface area contributed by atoms with Gasteiger partial charge in [-0.15, -0.1) is 0 Å². The van der Waals surface area contributed by atoms with Crippen LogP contribution in [0.25, 0.3) is 0 Å². The summed E-state index contributed by atoms with van der Waals surface area (Å²) in [5, 5.41) is 3.96. The van der Waals surface area contributed by atoms with Crippen LogP contribution in [-0.4, -0.2) is 20.5 Å². The molecule has 0 amide bonds. The first-order valence-electron chi connectivity index (χ1n) is 5.97. The smallest absolute Gasteiger partial charge is 0.160 e. The number of benzene rings is 1. The van der Waals surface area contributed by atoms with Crippen LogP contribution in [0.2, 0.25) is 0 Å². The van der Waals surface area contributed by atoms with E-state index in [1.54, 1.807) is 11.0 Å². The summed E-state index contributed by atoms with van der Waals surface area (Å²) in [6.45, 7) is 4.22. The van der Waals surface area contributed by atoms with E-state index in [1.165, 1.54) is 11.9 Å². The first-order chi connectivity index (χ1) is 8.58. The van der Waals surface area contributed by atoms with Gasteiger partial charge in [0.25, 0.3) is 0 Å². The molecule has 94 valence electrons. The van der Waals surface area contributed by atoms with E-state index >= 15 is 0 Å². The van der Waals surface area contributed by atoms with Gasteiger partial charge in [-0.05, 0) is 12.0 Å². The first kappa shape index (κ1) is 12.5. The van der Waals surface area contributed by atoms with Gasteiger partial charge < -0.3 is 0 Å². The minimum atomic E-state index is -0.396. The Hall–Kier alpha value is -1.97. The maximum Gasteiger partial charge on any atom is 0.160 e. The van der Waals surface area contributed by atoms with E-state index in [-0.39, 0.29) is 12.3 Å². The molecule has 2 aromatic rings. The van der Waals surface area contributed by atoms with Gasteiger partial charge in [0.15, 0.2) is 5.78 Å². The minimum Gasteiger partial charge on any atom is -0.297 e. The molecule has 0 aliphatic rings. The van der Waals surface area contributed by atoms with Crippen LogP contribution in [-0.2, 0) is 17.8 Å². The average molecular weight is 243 g/mol. The van der Waals surface area contributed by atoms with E-state index in [9.17, 15) is 4.79 Å². The minimum absolute atomic E-state index is 0.164. The summed E-state index contributed by atoms with van der Waals surface area (Å²) in [5.41, 5.74) is 0.780. The molecular weight excluding hydrogens is 226 g/mol. The second-order valence-corrected chi connectivity index (χ2v) is 5.06. The lowest BCUT2D eigenvalue weighted by Gasteiger charge is -2.23. The van der Waals surface area contributed by atoms with Gasteiger partial charge in [0.1, 0.15) is 19.2 Å². The average Bonchev–Trinajstić information content (AvgIpc) is 2.82. The fourth-order valence-corrected chi connectivity index (χ4v) is 1.88. The van der Waals surface area contributed by atoms with Crippen LogP contribution in [0.5, 0.6) is 0 Å². The zero-order valence-electron chi connectivity index (χ0n) is 10.7. The monoisotopic (exact) mass is 243 g/mol. The standard InChI is InChI=1S/C14H17N3O/c1-14(2,8-12-6-4-3-5-7-12)13(18)9-17-11-15-10-16-17/h3-7,10-11H,8-9H2,1-2H3. The Morgan fingerprint density at radius 3 is 2.61 bits per heavy atom. The summed E-state index contributed by atoms with van der Waals surface area (Å²) in [7, 11) is 0. The Bertz CT molecular complexity index is 503. The van der Waals surface area contributed by atoms with Crippen molar-refractivity contribution in [3.63, 3.8) is 0 Å². The van der Waals surface area contributed by atoms with E-state index in [0.29, 0.717) is 0 Å². The molecule has 4 heteroatoms. The van der Waals surface area contributed by atoms with Crippen LogP contribution in [0.4, 0.5) is 0 Å². The van der Waals surface area contributed by atoms with Crippen molar-refractivity contribution < 1.29 is 4.79 Å². The second kappa shape index (κ2) is 5.12. The molecule has 0 saturated carbocycles. The SMILES string of the molecule is CC(C)(Cc1ccccc1)C(=O)Cn1cncn1. The summed E-state index contributed by atoms with van der Waals surface area (Å²) in [5.74, 6) is 0.164. The zero-order chi connectivity index (χ0) is 13.0. The largest absolute Gasteiger partial charge is 0.297 e. The number of hydrogen-bond donors (Lipinski definition) is 0. The van der Waals surface area contributed by atoms with Crippen molar-refractivity contribution in [2.75, 3.05) is 0 Å². The number of hydrogen-bond acceptors (Lipinski definition) is 3. The maximum absolute atomic E-state index is 12.2. The van der Waals surface area contributed by atoms with Crippen LogP contribution >= 0.6 is 0 Å². The Balaban J connectivity index is 2.04. The molecule has 0 unspecified atom stereocenters. The molecule has 2 rings (SSSR count). The van der Waals surface area contributed by atoms with Gasteiger partial charge in [-0.2, -0.15) is 5.10 Å². The topological polar surface area (TPSA) is 47.8 Å². The molecule has 0 atom stereocenters. The third-order valence-electron chi connectivity index (χ3n) is 3.02. The summed E-state index contributed by atoms with van der Waals surface area (Å²) >= 11 is 0. The van der Waals surface area contributed by atoms with Crippen LogP contribution in [0.15, 0.2) is 43.0 Å². The van der Waals surface area contributed by atoms with Crippen LogP contribution in [0, 0.1) is 5.41 Å². The van der Waals surface area contributed by atoms with Gasteiger partial charge in [-0.3, -0.25) is 4.79 Å². The number of aromatic nitrogens is 3. The molecule has 1 heterocycles. The highest BCUT2D eigenvalue weighted by Gasteiger charge is 2.27. The van der Waals surface area contributed by atoms with Crippen molar-refractivity contribution >= 4 is 5.78 Å². The van der Waals surface area contributed by atoms with Gasteiger partial charge in [-0.25, -0.2) is 9.67 Å². The van der Waals surface area contributed by atoms with Crippen LogP contribution < -0.4 is 0 Å². The molecule has 1 aromatic heterocycles. The third-order valence-corrected chi connectivity index (χ3v) is 3.02. The quantitative estimate of drug-likeness (QED) is 0.808. The van der Waals surface area contributed by atoms with Gasteiger partial charge in [0.2, 0.25) is 0 Å². The van der Waals surface area contributed by atoms with Crippen molar-refractivity contribution in [1.82, 2.24) is 14.8 Å². The van der Waals surface area contributed by atoms with E-state index in [1.807, 2.05) is 44.2 Å². The van der Waals surface area contributed by atoms with Crippen molar-refractivity contribution in [2.45, 2.75) is 26.8 Å². The predicted molar refractivity (Wildman–Crippen MR) is 69.0 cm³/mol. The number of Topliss-reactive ketones (excluding diaryl/α,β-unsaturated/α-hetero) is 1. The van der Waals surface area contributed by atoms with Crippen molar-refractivity contribution in [1.29, 1.82) is 0 Å². The van der Waals surface area contributed by atoms with Crippen molar-refractivity contribution in [2.24, 2.45) is 5.41 Å². The fourth-order valence-electron chi connectivity index (χ4n) is 1.88. The molecule has 0 saturated heterocycles. The zero-order valence-corrected chi connectivity index (χ0v) is 10.7. The lowest BCUT2D eigenvalue weighted by atomic mass is 9.81. The third kappa shape index (κ3) is 3.03. The molecule has 18 heavy (non-hydrogen) atoms. The van der Waals surface area contributed by atoms with Crippen molar-refractivity contribution in [3.05, 3.63) is 48.5 Å². The normalized spacial score (nSPS) is 11.4. The fraction of sp³-hybridized carbons (Fsp3) is 0.357. The van der Waals surface area contributed by atoms with Gasteiger partial charge in [0, 0.05) is 5.41 Å². The van der Waals surface area contributed by atoms with Crippen LogP contribution in [0.3, 0.4) is 0 Å². The maximum atomic E-state index is 12.2. The Morgan fingerprint density at radius 1 is 1.28 bits per heavy atom. The van der Waals surface area contributed by atoms with E-state index < -0.39 is 5.41 Å². The van der Waals surface area contributed by atoms with E-state index in [2.05, 4.69) is 10.1 Å². The lowest BCUT2D eigenvalue weighted by Crippen LogP contribution is -2.30. The van der Waals surface area contributed by atoms with Gasteiger partial charge in [0.05, 0.1) is 0 Å². The summed E-state index contributed by atoms with van der Waals surface area (Å²) in [6, 6.07) is 10.1. The molecule has 0 bridgehead atoms. The number of carbonyl (C=O) groups is 1. The highest BCUT2D eigenvalue weighted by atomic mass is 16.1. The highest BCUT2D eigenvalue weighted by Crippen LogP contribution is 2.23. The number of nitrogens with zero attached hydrogens (tertiary/aromatic N) is 3.